The molecular formula is C22H30N9+. The highest BCUT2D eigenvalue weighted by molar-refractivity contribution is 5.64. The van der Waals surface area contributed by atoms with Gasteiger partial charge < -0.3 is 21.3 Å². The monoisotopic (exact) mass is 420 g/mol. The summed E-state index contributed by atoms with van der Waals surface area (Å²) in [4.78, 5) is 11.8. The van der Waals surface area contributed by atoms with Gasteiger partial charge in [0.05, 0.1) is 6.04 Å². The summed E-state index contributed by atoms with van der Waals surface area (Å²) in [6.45, 7) is 13.5. The highest BCUT2D eigenvalue weighted by Gasteiger charge is 2.27. The Kier molecular flexibility index (Phi) is 5.85. The average molecular weight is 421 g/mol. The molecule has 0 spiro atoms. The fourth-order valence-electron chi connectivity index (χ4n) is 3.65. The lowest BCUT2D eigenvalue weighted by Crippen LogP contribution is -2.44. The molecule has 1 saturated heterocycles. The minimum atomic E-state index is 0.132. The van der Waals surface area contributed by atoms with Crippen molar-refractivity contribution < 1.29 is 4.57 Å². The van der Waals surface area contributed by atoms with Crippen LogP contribution >= 0.6 is 0 Å². The second-order valence-electron chi connectivity index (χ2n) is 8.10. The number of benzene rings is 1. The number of nitrogens with two attached hydrogens (primary N) is 1. The summed E-state index contributed by atoms with van der Waals surface area (Å²) < 4.78 is 3.77. The molecule has 1 aliphatic heterocycles. The zero-order valence-electron chi connectivity index (χ0n) is 18.1. The van der Waals surface area contributed by atoms with E-state index in [1.54, 1.807) is 16.9 Å². The van der Waals surface area contributed by atoms with Gasteiger partial charge in [-0.25, -0.2) is 4.57 Å². The molecule has 4 rings (SSSR count). The third-order valence-corrected chi connectivity index (χ3v) is 5.29. The van der Waals surface area contributed by atoms with Gasteiger partial charge in [-0.2, -0.15) is 4.98 Å². The first-order valence-electron chi connectivity index (χ1n) is 10.6. The fraction of sp³-hybridized carbons (Fsp3) is 0.364. The van der Waals surface area contributed by atoms with Crippen LogP contribution in [0.5, 0.6) is 0 Å². The Morgan fingerprint density at radius 2 is 2.13 bits per heavy atom. The Morgan fingerprint density at radius 1 is 1.32 bits per heavy atom. The van der Waals surface area contributed by atoms with Crippen LogP contribution in [-0.4, -0.2) is 38.7 Å². The number of rotatable bonds is 7. The molecule has 3 aromatic rings. The van der Waals surface area contributed by atoms with E-state index >= 15 is 0 Å². The molecule has 1 aromatic carbocycles. The van der Waals surface area contributed by atoms with Gasteiger partial charge >= 0.3 is 5.78 Å². The van der Waals surface area contributed by atoms with Gasteiger partial charge in [-0.15, -0.1) is 0 Å². The number of nitrogens with zero attached hydrogens (tertiary/aromatic N) is 6. The molecule has 4 N–H and O–H groups in total. The van der Waals surface area contributed by atoms with Crippen LogP contribution in [-0.2, 0) is 0 Å². The third-order valence-electron chi connectivity index (χ3n) is 5.29. The first kappa shape index (κ1) is 20.8. The number of hydrogen-bond donors (Lipinski definition) is 3. The highest BCUT2D eigenvalue weighted by Crippen LogP contribution is 2.23. The molecule has 3 heterocycles. The molecule has 1 unspecified atom stereocenters. The van der Waals surface area contributed by atoms with Gasteiger partial charge in [0.1, 0.15) is 0 Å². The summed E-state index contributed by atoms with van der Waals surface area (Å²) in [6.07, 6.45) is 5.52. The van der Waals surface area contributed by atoms with E-state index in [1.165, 1.54) is 0 Å². The van der Waals surface area contributed by atoms with E-state index in [9.17, 15) is 0 Å². The number of nitrogens with one attached hydrogen (secondary N) is 2. The van der Waals surface area contributed by atoms with E-state index in [2.05, 4.69) is 47.6 Å². The summed E-state index contributed by atoms with van der Waals surface area (Å²) in [6, 6.07) is 8.24. The number of hydrogen-bond acceptors (Lipinski definition) is 7. The number of allylic oxidation sites excluding steroid dienone is 1. The van der Waals surface area contributed by atoms with Crippen molar-refractivity contribution >= 4 is 29.0 Å². The molecule has 1 fully saturated rings. The van der Waals surface area contributed by atoms with E-state index in [1.807, 2.05) is 28.8 Å². The Hall–Kier alpha value is -3.46. The number of fused-ring (bicyclic) bond motifs is 1. The molecule has 9 heteroatoms. The van der Waals surface area contributed by atoms with Crippen molar-refractivity contribution in [3.63, 3.8) is 0 Å². The van der Waals surface area contributed by atoms with Crippen LogP contribution < -0.4 is 25.8 Å². The summed E-state index contributed by atoms with van der Waals surface area (Å²) >= 11 is 0. The predicted molar refractivity (Wildman–Crippen MR) is 123 cm³/mol. The zero-order chi connectivity index (χ0) is 22.0. The van der Waals surface area contributed by atoms with Crippen molar-refractivity contribution in [3.8, 4) is 0 Å². The minimum absolute atomic E-state index is 0.132. The molecule has 0 bridgehead atoms. The van der Waals surface area contributed by atoms with Crippen molar-refractivity contribution in [1.82, 2.24) is 19.6 Å². The van der Waals surface area contributed by atoms with Gasteiger partial charge in [-0.05, 0) is 60.6 Å². The summed E-state index contributed by atoms with van der Waals surface area (Å²) in [5, 5.41) is 11.1. The Morgan fingerprint density at radius 3 is 2.87 bits per heavy atom. The lowest BCUT2D eigenvalue weighted by Gasteiger charge is -2.29. The first-order valence-corrected chi connectivity index (χ1v) is 10.6. The standard InChI is InChI=1S/C22H29N9/c1-5-16(4)25-18-9-6-10-19(12-18)26-21-27-20(29-11-7-8-17(23)13-29)28-22-30(15(2)3)14-24-31(21)22/h5-6,9-10,12,14-15,17,25H,1,4,7-8,11,13,23H2,2-3H3/p+1. The maximum Gasteiger partial charge on any atom is 0.393 e. The zero-order valence-corrected chi connectivity index (χ0v) is 18.1. The highest BCUT2D eigenvalue weighted by atomic mass is 15.5. The summed E-state index contributed by atoms with van der Waals surface area (Å²) in [7, 11) is 0. The number of piperidine rings is 1. The molecule has 0 aliphatic carbocycles. The maximum atomic E-state index is 6.21. The average Bonchev–Trinajstić information content (AvgIpc) is 3.18. The van der Waals surface area contributed by atoms with Crippen LogP contribution in [0.3, 0.4) is 0 Å². The Labute approximate surface area is 182 Å². The second kappa shape index (κ2) is 8.73. The van der Waals surface area contributed by atoms with E-state index in [0.29, 0.717) is 11.9 Å². The smallest absolute Gasteiger partial charge is 0.356 e. The van der Waals surface area contributed by atoms with E-state index < -0.39 is 0 Å². The molecule has 9 nitrogen and oxygen atoms in total. The van der Waals surface area contributed by atoms with Crippen LogP contribution in [0.1, 0.15) is 32.7 Å². The lowest BCUT2D eigenvalue weighted by atomic mass is 10.1. The molecule has 1 atom stereocenters. The van der Waals surface area contributed by atoms with E-state index in [4.69, 9.17) is 15.7 Å². The van der Waals surface area contributed by atoms with Crippen LogP contribution in [0.25, 0.3) is 5.78 Å². The van der Waals surface area contributed by atoms with Gasteiger partial charge in [0.15, 0.2) is 0 Å². The largest absolute Gasteiger partial charge is 0.393 e. The molecule has 0 radical (unpaired) electrons. The normalized spacial score (nSPS) is 16.5. The van der Waals surface area contributed by atoms with Crippen molar-refractivity contribution in [3.05, 3.63) is 55.5 Å². The molecular weight excluding hydrogens is 390 g/mol. The Balaban J connectivity index is 1.73. The fourth-order valence-corrected chi connectivity index (χ4v) is 3.65. The van der Waals surface area contributed by atoms with E-state index in [-0.39, 0.29) is 12.1 Å². The third kappa shape index (κ3) is 4.51. The topological polar surface area (TPSA) is 100 Å². The molecule has 162 valence electrons. The van der Waals surface area contributed by atoms with Crippen LogP contribution in [0.15, 0.2) is 55.5 Å². The van der Waals surface area contributed by atoms with Crippen molar-refractivity contribution in [2.24, 2.45) is 5.73 Å². The van der Waals surface area contributed by atoms with Crippen LogP contribution in [0.2, 0.25) is 0 Å². The molecule has 1 aliphatic rings. The molecule has 0 saturated carbocycles. The van der Waals surface area contributed by atoms with Gasteiger partial charge in [-0.3, -0.25) is 0 Å². The SMILES string of the molecule is C=CC(=C)Nc1cccc(Nc2nc(N3CCCC(N)C3)nc3n2nc[n+]3C(C)C)c1. The lowest BCUT2D eigenvalue weighted by molar-refractivity contribution is -0.694. The van der Waals surface area contributed by atoms with Crippen LogP contribution in [0, 0.1) is 0 Å². The van der Waals surface area contributed by atoms with Gasteiger partial charge in [0.2, 0.25) is 6.33 Å². The van der Waals surface area contributed by atoms with Gasteiger partial charge in [0, 0.05) is 36.2 Å². The maximum absolute atomic E-state index is 6.21. The first-order chi connectivity index (χ1) is 14.9. The van der Waals surface area contributed by atoms with Crippen LogP contribution in [0.4, 0.5) is 23.3 Å². The predicted octanol–water partition coefficient (Wildman–Crippen LogP) is 2.78. The number of anilines is 4. The van der Waals surface area contributed by atoms with Crippen molar-refractivity contribution in [2.45, 2.75) is 38.8 Å². The van der Waals surface area contributed by atoms with E-state index in [0.717, 1.165) is 48.8 Å². The summed E-state index contributed by atoms with van der Waals surface area (Å²) in [5.74, 6) is 1.99. The molecule has 2 aromatic heterocycles. The molecule has 31 heavy (non-hydrogen) atoms. The number of aromatic nitrogens is 5. The quantitative estimate of drug-likeness (QED) is 0.399. The minimum Gasteiger partial charge on any atom is -0.356 e. The van der Waals surface area contributed by atoms with Gasteiger partial charge in [0.25, 0.3) is 11.9 Å². The van der Waals surface area contributed by atoms with Crippen molar-refractivity contribution in [2.75, 3.05) is 28.6 Å². The molecule has 0 amide bonds. The van der Waals surface area contributed by atoms with Gasteiger partial charge in [-0.1, -0.05) is 24.2 Å². The van der Waals surface area contributed by atoms with Crippen molar-refractivity contribution in [1.29, 1.82) is 0 Å². The second-order valence-corrected chi connectivity index (χ2v) is 8.10. The summed E-state index contributed by atoms with van der Waals surface area (Å²) in [5.41, 5.74) is 8.71. The Bertz CT molecular complexity index is 1100.